The molecule has 0 unspecified atom stereocenters. The average Bonchev–Trinajstić information content (AvgIpc) is 2.96. The predicted octanol–water partition coefficient (Wildman–Crippen LogP) is 4.61. The summed E-state index contributed by atoms with van der Waals surface area (Å²) >= 11 is 7.47. The first-order chi connectivity index (χ1) is 11.2. The number of halogens is 1. The van der Waals surface area contributed by atoms with E-state index in [1.807, 2.05) is 24.3 Å². The van der Waals surface area contributed by atoms with Crippen molar-refractivity contribution in [2.75, 3.05) is 12.4 Å². The summed E-state index contributed by atoms with van der Waals surface area (Å²) in [6, 6.07) is 12.9. The number of rotatable bonds is 4. The number of hydrogen-bond donors (Lipinski definition) is 1. The van der Waals surface area contributed by atoms with Crippen LogP contribution >= 0.6 is 22.9 Å². The summed E-state index contributed by atoms with van der Waals surface area (Å²) in [5, 5.41) is 4.05. The normalized spacial score (nSPS) is 11.0. The minimum absolute atomic E-state index is 0.273. The largest absolute Gasteiger partial charge is 0.495 e. The van der Waals surface area contributed by atoms with Crippen molar-refractivity contribution in [2.24, 2.45) is 0 Å². The van der Waals surface area contributed by atoms with Crippen molar-refractivity contribution in [2.45, 2.75) is 0 Å². The van der Waals surface area contributed by atoms with Gasteiger partial charge in [0.1, 0.15) is 10.8 Å². The van der Waals surface area contributed by atoms with Crippen LogP contribution in [0.5, 0.6) is 5.75 Å². The summed E-state index contributed by atoms with van der Waals surface area (Å²) in [5.74, 6) is 0.279. The zero-order valence-electron chi connectivity index (χ0n) is 12.2. The quantitative estimate of drug-likeness (QED) is 0.703. The van der Waals surface area contributed by atoms with Gasteiger partial charge in [-0.1, -0.05) is 23.7 Å². The van der Waals surface area contributed by atoms with Gasteiger partial charge >= 0.3 is 0 Å². The highest BCUT2D eigenvalue weighted by atomic mass is 35.5. The number of hydrogen-bond acceptors (Lipinski definition) is 4. The van der Waals surface area contributed by atoms with Crippen LogP contribution in [0.1, 0.15) is 5.01 Å². The fourth-order valence-corrected chi connectivity index (χ4v) is 3.10. The molecule has 2 aromatic carbocycles. The molecule has 1 N–H and O–H groups in total. The number of methoxy groups -OCH3 is 1. The van der Waals surface area contributed by atoms with Gasteiger partial charge in [-0.3, -0.25) is 4.79 Å². The lowest BCUT2D eigenvalue weighted by Crippen LogP contribution is -2.08. The number of para-hydroxylation sites is 1. The summed E-state index contributed by atoms with van der Waals surface area (Å²) in [6.07, 6.45) is 3.13. The lowest BCUT2D eigenvalue weighted by atomic mass is 10.3. The summed E-state index contributed by atoms with van der Waals surface area (Å²) in [4.78, 5) is 16.5. The zero-order valence-corrected chi connectivity index (χ0v) is 13.8. The summed E-state index contributed by atoms with van der Waals surface area (Å²) in [6.45, 7) is 0. The van der Waals surface area contributed by atoms with Crippen molar-refractivity contribution >= 4 is 50.8 Å². The molecule has 0 aliphatic carbocycles. The summed E-state index contributed by atoms with van der Waals surface area (Å²) in [7, 11) is 1.54. The van der Waals surface area contributed by atoms with E-state index in [1.54, 1.807) is 24.3 Å². The van der Waals surface area contributed by atoms with Gasteiger partial charge in [-0.15, -0.1) is 11.3 Å². The van der Waals surface area contributed by atoms with Gasteiger partial charge in [-0.05, 0) is 36.4 Å². The van der Waals surface area contributed by atoms with Crippen molar-refractivity contribution in [3.05, 3.63) is 58.6 Å². The number of aromatic nitrogens is 1. The maximum atomic E-state index is 12.1. The molecule has 3 aromatic rings. The van der Waals surface area contributed by atoms with Gasteiger partial charge in [-0.25, -0.2) is 4.98 Å². The molecule has 4 nitrogen and oxygen atoms in total. The van der Waals surface area contributed by atoms with Crippen LogP contribution in [0.15, 0.2) is 48.5 Å². The van der Waals surface area contributed by atoms with Gasteiger partial charge in [0, 0.05) is 11.1 Å². The van der Waals surface area contributed by atoms with Crippen LogP contribution in [0.25, 0.3) is 16.3 Å². The van der Waals surface area contributed by atoms with E-state index in [1.165, 1.54) is 24.5 Å². The number of anilines is 1. The molecule has 1 aromatic heterocycles. The van der Waals surface area contributed by atoms with E-state index in [9.17, 15) is 4.79 Å². The summed E-state index contributed by atoms with van der Waals surface area (Å²) < 4.78 is 6.28. The van der Waals surface area contributed by atoms with Crippen LogP contribution in [0.3, 0.4) is 0 Å². The monoisotopic (exact) mass is 344 g/mol. The number of ether oxygens (including phenoxy) is 1. The van der Waals surface area contributed by atoms with Crippen molar-refractivity contribution in [3.63, 3.8) is 0 Å². The van der Waals surface area contributed by atoms with Crippen molar-refractivity contribution in [1.82, 2.24) is 4.98 Å². The van der Waals surface area contributed by atoms with Crippen molar-refractivity contribution < 1.29 is 9.53 Å². The third-order valence-corrected chi connectivity index (χ3v) is 4.34. The number of amides is 1. The zero-order chi connectivity index (χ0) is 16.2. The standard InChI is InChI=1S/C17H13ClN2O2S/c1-22-14-7-6-11(18)10-13(14)19-16(21)8-9-17-20-12-4-2-3-5-15(12)23-17/h2-10H,1H3,(H,19,21). The average molecular weight is 345 g/mol. The molecule has 0 aliphatic heterocycles. The van der Waals surface area contributed by atoms with Crippen LogP contribution in [0.4, 0.5) is 5.69 Å². The predicted molar refractivity (Wildman–Crippen MR) is 95.3 cm³/mol. The smallest absolute Gasteiger partial charge is 0.248 e. The first kappa shape index (κ1) is 15.5. The number of nitrogens with one attached hydrogen (secondary N) is 1. The Morgan fingerprint density at radius 3 is 2.91 bits per heavy atom. The third-order valence-electron chi connectivity index (χ3n) is 3.11. The molecule has 1 heterocycles. The highest BCUT2D eigenvalue weighted by molar-refractivity contribution is 7.19. The fraction of sp³-hybridized carbons (Fsp3) is 0.0588. The lowest BCUT2D eigenvalue weighted by Gasteiger charge is -2.08. The van der Waals surface area contributed by atoms with Crippen molar-refractivity contribution in [1.29, 1.82) is 0 Å². The Morgan fingerprint density at radius 2 is 2.13 bits per heavy atom. The number of carbonyl (C=O) groups excluding carboxylic acids is 1. The van der Waals surface area contributed by atoms with E-state index in [-0.39, 0.29) is 5.91 Å². The molecule has 1 amide bonds. The molecular formula is C17H13ClN2O2S. The number of thiazole rings is 1. The lowest BCUT2D eigenvalue weighted by molar-refractivity contribution is -0.111. The molecule has 116 valence electrons. The Balaban J connectivity index is 1.75. The topological polar surface area (TPSA) is 51.2 Å². The van der Waals surface area contributed by atoms with Gasteiger partial charge < -0.3 is 10.1 Å². The molecule has 0 aliphatic rings. The molecule has 0 radical (unpaired) electrons. The van der Waals surface area contributed by atoms with Crippen LogP contribution in [-0.4, -0.2) is 18.0 Å². The second kappa shape index (κ2) is 6.81. The maximum absolute atomic E-state index is 12.1. The SMILES string of the molecule is COc1ccc(Cl)cc1NC(=O)C=Cc1nc2ccccc2s1. The first-order valence-electron chi connectivity index (χ1n) is 6.84. The van der Waals surface area contributed by atoms with E-state index in [2.05, 4.69) is 10.3 Å². The number of nitrogens with zero attached hydrogens (tertiary/aromatic N) is 1. The molecule has 0 bridgehead atoms. The molecule has 0 fully saturated rings. The van der Waals surface area contributed by atoms with Gasteiger partial charge in [0.25, 0.3) is 0 Å². The Morgan fingerprint density at radius 1 is 1.30 bits per heavy atom. The second-order valence-electron chi connectivity index (χ2n) is 4.69. The van der Waals surface area contributed by atoms with E-state index in [0.717, 1.165) is 15.2 Å². The van der Waals surface area contributed by atoms with Gasteiger partial charge in [0.15, 0.2) is 0 Å². The Labute approximate surface area is 142 Å². The third kappa shape index (κ3) is 3.70. The minimum Gasteiger partial charge on any atom is -0.495 e. The van der Waals surface area contributed by atoms with Gasteiger partial charge in [0.2, 0.25) is 5.91 Å². The molecule has 0 saturated carbocycles. The van der Waals surface area contributed by atoms with Gasteiger partial charge in [0.05, 0.1) is 23.0 Å². The Bertz CT molecular complexity index is 856. The molecule has 3 rings (SSSR count). The highest BCUT2D eigenvalue weighted by Crippen LogP contribution is 2.28. The van der Waals surface area contributed by atoms with Crippen LogP contribution < -0.4 is 10.1 Å². The second-order valence-corrected chi connectivity index (χ2v) is 6.19. The molecule has 0 atom stereocenters. The number of fused-ring (bicyclic) bond motifs is 1. The highest BCUT2D eigenvalue weighted by Gasteiger charge is 2.07. The van der Waals surface area contributed by atoms with Gasteiger partial charge in [-0.2, -0.15) is 0 Å². The summed E-state index contributed by atoms with van der Waals surface area (Å²) in [5.41, 5.74) is 1.45. The van der Waals surface area contributed by atoms with E-state index in [4.69, 9.17) is 16.3 Å². The fourth-order valence-electron chi connectivity index (χ4n) is 2.06. The number of benzene rings is 2. The number of carbonyl (C=O) groups is 1. The Kier molecular flexibility index (Phi) is 4.60. The minimum atomic E-state index is -0.273. The van der Waals surface area contributed by atoms with E-state index >= 15 is 0 Å². The van der Waals surface area contributed by atoms with Crippen LogP contribution in [0, 0.1) is 0 Å². The molecular weight excluding hydrogens is 332 g/mol. The van der Waals surface area contributed by atoms with Crippen molar-refractivity contribution in [3.8, 4) is 5.75 Å². The van der Waals surface area contributed by atoms with E-state index < -0.39 is 0 Å². The maximum Gasteiger partial charge on any atom is 0.248 e. The Hall–Kier alpha value is -2.37. The first-order valence-corrected chi connectivity index (χ1v) is 8.03. The molecule has 0 spiro atoms. The van der Waals surface area contributed by atoms with Crippen LogP contribution in [0.2, 0.25) is 5.02 Å². The molecule has 0 saturated heterocycles. The van der Waals surface area contributed by atoms with Crippen LogP contribution in [-0.2, 0) is 4.79 Å². The van der Waals surface area contributed by atoms with E-state index in [0.29, 0.717) is 16.5 Å². The molecule has 23 heavy (non-hydrogen) atoms. The molecule has 6 heteroatoms.